The van der Waals surface area contributed by atoms with E-state index in [1.54, 1.807) is 13.3 Å². The van der Waals surface area contributed by atoms with Gasteiger partial charge < -0.3 is 14.6 Å². The van der Waals surface area contributed by atoms with Crippen LogP contribution in [-0.2, 0) is 9.53 Å². The maximum Gasteiger partial charge on any atom is 0.253 e. The zero-order valence-electron chi connectivity index (χ0n) is 12.2. The lowest BCUT2D eigenvalue weighted by molar-refractivity contribution is -0.124. The minimum Gasteiger partial charge on any atom is -0.372 e. The van der Waals surface area contributed by atoms with Gasteiger partial charge in [0.2, 0.25) is 0 Å². The van der Waals surface area contributed by atoms with Gasteiger partial charge in [0.1, 0.15) is 6.10 Å². The molecule has 0 fully saturated rings. The number of methoxy groups -OCH3 is 1. The van der Waals surface area contributed by atoms with Gasteiger partial charge in [0.25, 0.3) is 5.91 Å². The van der Waals surface area contributed by atoms with Crippen LogP contribution in [-0.4, -0.2) is 28.7 Å². The summed E-state index contributed by atoms with van der Waals surface area (Å²) in [6.07, 6.45) is 1.33. The third kappa shape index (κ3) is 2.88. The summed E-state index contributed by atoms with van der Waals surface area (Å²) in [5.74, 6) is -0.157. The molecule has 1 heterocycles. The van der Waals surface area contributed by atoms with Gasteiger partial charge in [-0.15, -0.1) is 0 Å². The van der Waals surface area contributed by atoms with Crippen LogP contribution < -0.4 is 5.32 Å². The van der Waals surface area contributed by atoms with E-state index in [0.29, 0.717) is 0 Å². The van der Waals surface area contributed by atoms with E-state index in [0.717, 1.165) is 22.8 Å². The fraction of sp³-hybridized carbons (Fsp3) is 0.333. The van der Waals surface area contributed by atoms with Crippen LogP contribution in [0, 0.1) is 13.8 Å². The van der Waals surface area contributed by atoms with Crippen molar-refractivity contribution in [2.45, 2.75) is 26.9 Å². The summed E-state index contributed by atoms with van der Waals surface area (Å²) in [5, 5.41) is 2.80. The summed E-state index contributed by atoms with van der Waals surface area (Å²) >= 11 is 0. The highest BCUT2D eigenvalue weighted by Gasteiger charge is 2.11. The van der Waals surface area contributed by atoms with Gasteiger partial charge in [-0.05, 0) is 45.0 Å². The number of aromatic nitrogens is 2. The standard InChI is InChI=1S/C15H19N3O2/c1-10-11(2)18(9-16-10)14-7-5-13(6-8-14)17-15(19)12(3)20-4/h5-9,12H,1-4H3,(H,17,19)/t12-/m0/s1. The molecular weight excluding hydrogens is 254 g/mol. The third-order valence-corrected chi connectivity index (χ3v) is 3.39. The van der Waals surface area contributed by atoms with Gasteiger partial charge in [-0.2, -0.15) is 0 Å². The van der Waals surface area contributed by atoms with Crippen molar-refractivity contribution in [3.8, 4) is 5.69 Å². The van der Waals surface area contributed by atoms with Gasteiger partial charge >= 0.3 is 0 Å². The first-order chi connectivity index (χ1) is 9.52. The van der Waals surface area contributed by atoms with Crippen molar-refractivity contribution in [1.82, 2.24) is 9.55 Å². The maximum absolute atomic E-state index is 11.7. The molecular formula is C15H19N3O2. The Balaban J connectivity index is 2.15. The lowest BCUT2D eigenvalue weighted by Crippen LogP contribution is -2.26. The first-order valence-corrected chi connectivity index (χ1v) is 6.47. The largest absolute Gasteiger partial charge is 0.372 e. The normalized spacial score (nSPS) is 12.2. The summed E-state index contributed by atoms with van der Waals surface area (Å²) in [5.41, 5.74) is 3.88. The van der Waals surface area contributed by atoms with E-state index in [9.17, 15) is 4.79 Å². The number of hydrogen-bond donors (Lipinski definition) is 1. The monoisotopic (exact) mass is 273 g/mol. The number of nitrogens with zero attached hydrogens (tertiary/aromatic N) is 2. The smallest absolute Gasteiger partial charge is 0.253 e. The zero-order valence-corrected chi connectivity index (χ0v) is 12.2. The molecule has 0 unspecified atom stereocenters. The average Bonchev–Trinajstić information content (AvgIpc) is 2.79. The molecule has 1 N–H and O–H groups in total. The summed E-state index contributed by atoms with van der Waals surface area (Å²) in [7, 11) is 1.51. The molecule has 0 spiro atoms. The van der Waals surface area contributed by atoms with Crippen LogP contribution in [0.15, 0.2) is 30.6 Å². The van der Waals surface area contributed by atoms with E-state index in [-0.39, 0.29) is 5.91 Å². The third-order valence-electron chi connectivity index (χ3n) is 3.39. The fourth-order valence-corrected chi connectivity index (χ4v) is 1.82. The van der Waals surface area contributed by atoms with Crippen molar-refractivity contribution in [3.63, 3.8) is 0 Å². The molecule has 5 nitrogen and oxygen atoms in total. The maximum atomic E-state index is 11.7. The SMILES string of the molecule is CO[C@@H](C)C(=O)Nc1ccc(-n2cnc(C)c2C)cc1. The van der Waals surface area contributed by atoms with Crippen molar-refractivity contribution >= 4 is 11.6 Å². The molecule has 5 heteroatoms. The van der Waals surface area contributed by atoms with Crippen LogP contribution >= 0.6 is 0 Å². The predicted octanol–water partition coefficient (Wildman–Crippen LogP) is 2.46. The molecule has 2 aromatic rings. The molecule has 1 aromatic heterocycles. The molecule has 0 bridgehead atoms. The summed E-state index contributed by atoms with van der Waals surface area (Å²) in [6.45, 7) is 5.71. The Morgan fingerprint density at radius 1 is 1.30 bits per heavy atom. The van der Waals surface area contributed by atoms with Crippen LogP contribution in [0.2, 0.25) is 0 Å². The van der Waals surface area contributed by atoms with Crippen LogP contribution in [0.3, 0.4) is 0 Å². The summed E-state index contributed by atoms with van der Waals surface area (Å²) in [6, 6.07) is 7.62. The molecule has 106 valence electrons. The van der Waals surface area contributed by atoms with Crippen molar-refractivity contribution in [3.05, 3.63) is 42.0 Å². The molecule has 0 aliphatic rings. The van der Waals surface area contributed by atoms with Gasteiger partial charge in [-0.1, -0.05) is 0 Å². The number of hydrogen-bond acceptors (Lipinski definition) is 3. The van der Waals surface area contributed by atoms with E-state index in [1.165, 1.54) is 7.11 Å². The zero-order chi connectivity index (χ0) is 14.7. The molecule has 0 aliphatic heterocycles. The van der Waals surface area contributed by atoms with Gasteiger partial charge in [0.15, 0.2) is 0 Å². The molecule has 20 heavy (non-hydrogen) atoms. The van der Waals surface area contributed by atoms with E-state index >= 15 is 0 Å². The lowest BCUT2D eigenvalue weighted by Gasteiger charge is -2.11. The number of carbonyl (C=O) groups excluding carboxylic acids is 1. The minimum atomic E-state index is -0.465. The molecule has 0 saturated carbocycles. The van der Waals surface area contributed by atoms with Crippen molar-refractivity contribution in [1.29, 1.82) is 0 Å². The second kappa shape index (κ2) is 5.88. The highest BCUT2D eigenvalue weighted by Crippen LogP contribution is 2.16. The Bertz CT molecular complexity index is 602. The van der Waals surface area contributed by atoms with Gasteiger partial charge in [-0.25, -0.2) is 4.98 Å². The number of benzene rings is 1. The molecule has 1 atom stereocenters. The predicted molar refractivity (Wildman–Crippen MR) is 78.1 cm³/mol. The minimum absolute atomic E-state index is 0.157. The Morgan fingerprint density at radius 2 is 1.95 bits per heavy atom. The Hall–Kier alpha value is -2.14. The molecule has 0 radical (unpaired) electrons. The number of ether oxygens (including phenoxy) is 1. The van der Waals surface area contributed by atoms with Gasteiger partial charge in [0.05, 0.1) is 12.0 Å². The van der Waals surface area contributed by atoms with E-state index < -0.39 is 6.10 Å². The topological polar surface area (TPSA) is 56.1 Å². The fourth-order valence-electron chi connectivity index (χ4n) is 1.82. The number of anilines is 1. The quantitative estimate of drug-likeness (QED) is 0.931. The van der Waals surface area contributed by atoms with Crippen molar-refractivity contribution in [2.24, 2.45) is 0 Å². The van der Waals surface area contributed by atoms with Gasteiger partial charge in [0, 0.05) is 24.2 Å². The van der Waals surface area contributed by atoms with E-state index in [1.807, 2.05) is 42.7 Å². The van der Waals surface area contributed by atoms with Crippen molar-refractivity contribution < 1.29 is 9.53 Å². The number of amides is 1. The average molecular weight is 273 g/mol. The highest BCUT2D eigenvalue weighted by molar-refractivity contribution is 5.93. The lowest BCUT2D eigenvalue weighted by atomic mass is 10.2. The Labute approximate surface area is 118 Å². The first-order valence-electron chi connectivity index (χ1n) is 6.47. The second-order valence-electron chi connectivity index (χ2n) is 4.70. The molecule has 1 aromatic carbocycles. The van der Waals surface area contributed by atoms with Crippen LogP contribution in [0.5, 0.6) is 0 Å². The Morgan fingerprint density at radius 3 is 2.45 bits per heavy atom. The molecule has 2 rings (SSSR count). The summed E-state index contributed by atoms with van der Waals surface area (Å²) in [4.78, 5) is 16.0. The molecule has 0 saturated heterocycles. The van der Waals surface area contributed by atoms with Gasteiger partial charge in [-0.3, -0.25) is 4.79 Å². The van der Waals surface area contributed by atoms with Crippen LogP contribution in [0.4, 0.5) is 5.69 Å². The highest BCUT2D eigenvalue weighted by atomic mass is 16.5. The number of nitrogens with one attached hydrogen (secondary N) is 1. The van der Waals surface area contributed by atoms with Crippen LogP contribution in [0.25, 0.3) is 5.69 Å². The Kier molecular flexibility index (Phi) is 4.20. The number of rotatable bonds is 4. The van der Waals surface area contributed by atoms with Crippen molar-refractivity contribution in [2.75, 3.05) is 12.4 Å². The number of imidazole rings is 1. The first kappa shape index (κ1) is 14.3. The summed E-state index contributed by atoms with van der Waals surface area (Å²) < 4.78 is 6.98. The van der Waals surface area contributed by atoms with E-state index in [2.05, 4.69) is 10.3 Å². The number of carbonyl (C=O) groups is 1. The van der Waals surface area contributed by atoms with E-state index in [4.69, 9.17) is 4.74 Å². The second-order valence-corrected chi connectivity index (χ2v) is 4.70. The molecule has 1 amide bonds. The number of aryl methyl sites for hydroxylation is 1. The molecule has 0 aliphatic carbocycles. The van der Waals surface area contributed by atoms with Crippen LogP contribution in [0.1, 0.15) is 18.3 Å².